The molecule has 23 heavy (non-hydrogen) atoms. The predicted molar refractivity (Wildman–Crippen MR) is 86.8 cm³/mol. The maximum atomic E-state index is 13.4. The predicted octanol–water partition coefficient (Wildman–Crippen LogP) is 3.22. The van der Waals surface area contributed by atoms with Crippen LogP contribution in [0.15, 0.2) is 18.2 Å². The van der Waals surface area contributed by atoms with Crippen molar-refractivity contribution in [3.8, 4) is 0 Å². The number of methoxy groups -OCH3 is 1. The van der Waals surface area contributed by atoms with E-state index in [1.165, 1.54) is 12.1 Å². The van der Waals surface area contributed by atoms with Gasteiger partial charge in [-0.2, -0.15) is 0 Å². The molecular formula is C17H23ClFNO3. The van der Waals surface area contributed by atoms with E-state index >= 15 is 0 Å². The van der Waals surface area contributed by atoms with Crippen LogP contribution in [0, 0.1) is 11.7 Å². The van der Waals surface area contributed by atoms with Gasteiger partial charge >= 0.3 is 0 Å². The summed E-state index contributed by atoms with van der Waals surface area (Å²) in [5.41, 5.74) is 0.396. The summed E-state index contributed by atoms with van der Waals surface area (Å²) in [6.07, 6.45) is 3.76. The summed E-state index contributed by atoms with van der Waals surface area (Å²) in [6.45, 7) is 0.0628. The van der Waals surface area contributed by atoms with Gasteiger partial charge in [-0.1, -0.05) is 17.7 Å². The van der Waals surface area contributed by atoms with Crippen molar-refractivity contribution < 1.29 is 19.0 Å². The molecule has 0 spiro atoms. The Kier molecular flexibility index (Phi) is 6.81. The minimum Gasteiger partial charge on any atom is -0.387 e. The maximum Gasteiger partial charge on any atom is 0.220 e. The highest BCUT2D eigenvalue weighted by Crippen LogP contribution is 2.28. The van der Waals surface area contributed by atoms with Gasteiger partial charge in [-0.3, -0.25) is 4.79 Å². The third-order valence-corrected chi connectivity index (χ3v) is 4.73. The molecule has 2 N–H and O–H groups in total. The molecule has 0 aliphatic heterocycles. The van der Waals surface area contributed by atoms with Gasteiger partial charge in [0.25, 0.3) is 0 Å². The highest BCUT2D eigenvalue weighted by molar-refractivity contribution is 6.30. The van der Waals surface area contributed by atoms with Gasteiger partial charge in [0.2, 0.25) is 5.91 Å². The van der Waals surface area contributed by atoms with Gasteiger partial charge in [-0.05, 0) is 49.3 Å². The van der Waals surface area contributed by atoms with Gasteiger partial charge in [0.1, 0.15) is 5.82 Å². The number of aliphatic hydroxyl groups is 1. The summed E-state index contributed by atoms with van der Waals surface area (Å²) in [5.74, 6) is -0.296. The lowest BCUT2D eigenvalue weighted by Gasteiger charge is -2.27. The van der Waals surface area contributed by atoms with Crippen LogP contribution in [0.25, 0.3) is 0 Å². The SMILES string of the molecule is COC1CCC(CC(=O)NCC(O)c2ccc(Cl)c(F)c2)CC1. The molecule has 1 aliphatic carbocycles. The summed E-state index contributed by atoms with van der Waals surface area (Å²) in [7, 11) is 1.72. The molecule has 1 unspecified atom stereocenters. The van der Waals surface area contributed by atoms with Gasteiger partial charge in [0.15, 0.2) is 0 Å². The van der Waals surface area contributed by atoms with Gasteiger partial charge in [0, 0.05) is 20.1 Å². The van der Waals surface area contributed by atoms with E-state index < -0.39 is 11.9 Å². The topological polar surface area (TPSA) is 58.6 Å². The summed E-state index contributed by atoms with van der Waals surface area (Å²) in [4.78, 5) is 12.0. The molecule has 0 saturated heterocycles. The Morgan fingerprint density at radius 3 is 2.74 bits per heavy atom. The highest BCUT2D eigenvalue weighted by Gasteiger charge is 2.23. The van der Waals surface area contributed by atoms with Crippen LogP contribution in [-0.4, -0.2) is 30.8 Å². The minimum absolute atomic E-state index is 0.0108. The molecule has 1 aromatic rings. The summed E-state index contributed by atoms with van der Waals surface area (Å²) >= 11 is 5.61. The first kappa shape index (κ1) is 18.2. The molecule has 4 nitrogen and oxygen atoms in total. The van der Waals surface area contributed by atoms with Crippen LogP contribution < -0.4 is 5.32 Å². The number of nitrogens with one attached hydrogen (secondary N) is 1. The Morgan fingerprint density at radius 1 is 1.43 bits per heavy atom. The molecule has 1 fully saturated rings. The Hall–Kier alpha value is -1.17. The number of carbonyl (C=O) groups excluding carboxylic acids is 1. The van der Waals surface area contributed by atoms with Crippen LogP contribution in [0.4, 0.5) is 4.39 Å². The van der Waals surface area contributed by atoms with Crippen molar-refractivity contribution >= 4 is 17.5 Å². The monoisotopic (exact) mass is 343 g/mol. The second kappa shape index (κ2) is 8.62. The van der Waals surface area contributed by atoms with Crippen molar-refractivity contribution in [2.75, 3.05) is 13.7 Å². The molecule has 1 aliphatic rings. The summed E-state index contributed by atoms with van der Waals surface area (Å²) in [6, 6.07) is 4.13. The van der Waals surface area contributed by atoms with E-state index in [1.807, 2.05) is 0 Å². The van der Waals surface area contributed by atoms with Crippen LogP contribution >= 0.6 is 11.6 Å². The van der Waals surface area contributed by atoms with E-state index in [1.54, 1.807) is 13.2 Å². The van der Waals surface area contributed by atoms with Crippen molar-refractivity contribution in [2.45, 2.75) is 44.3 Å². The Balaban J connectivity index is 1.74. The molecule has 6 heteroatoms. The smallest absolute Gasteiger partial charge is 0.220 e. The standard InChI is InChI=1S/C17H23ClFNO3/c1-23-13-5-2-11(3-6-13)8-17(22)20-10-16(21)12-4-7-14(18)15(19)9-12/h4,7,9,11,13,16,21H,2-3,5-6,8,10H2,1H3,(H,20,22). The van der Waals surface area contributed by atoms with Crippen LogP contribution in [0.5, 0.6) is 0 Å². The van der Waals surface area contributed by atoms with Gasteiger partial charge in [0.05, 0.1) is 17.2 Å². The van der Waals surface area contributed by atoms with Crippen molar-refractivity contribution in [3.63, 3.8) is 0 Å². The van der Waals surface area contributed by atoms with E-state index in [2.05, 4.69) is 5.32 Å². The Bertz CT molecular complexity index is 533. The third kappa shape index (κ3) is 5.44. The fourth-order valence-corrected chi connectivity index (χ4v) is 3.07. The number of halogens is 2. The fraction of sp³-hybridized carbons (Fsp3) is 0.588. The van der Waals surface area contributed by atoms with Crippen LogP contribution in [0.2, 0.25) is 5.02 Å². The lowest BCUT2D eigenvalue weighted by Crippen LogP contribution is -2.31. The average Bonchev–Trinajstić information content (AvgIpc) is 2.56. The number of hydrogen-bond donors (Lipinski definition) is 2. The summed E-state index contributed by atoms with van der Waals surface area (Å²) in [5, 5.41) is 12.7. The molecule has 1 amide bonds. The van der Waals surface area contributed by atoms with E-state index in [4.69, 9.17) is 16.3 Å². The molecule has 1 saturated carbocycles. The lowest BCUT2D eigenvalue weighted by atomic mass is 9.85. The molecule has 1 atom stereocenters. The first-order chi connectivity index (χ1) is 11.0. The largest absolute Gasteiger partial charge is 0.387 e. The normalized spacial score (nSPS) is 22.6. The molecule has 0 heterocycles. The van der Waals surface area contributed by atoms with Gasteiger partial charge in [-0.15, -0.1) is 0 Å². The quantitative estimate of drug-likeness (QED) is 0.833. The van der Waals surface area contributed by atoms with E-state index in [0.717, 1.165) is 25.7 Å². The zero-order chi connectivity index (χ0) is 16.8. The number of carbonyl (C=O) groups is 1. The molecule has 0 bridgehead atoms. The molecular weight excluding hydrogens is 321 g/mol. The first-order valence-corrected chi connectivity index (χ1v) is 8.30. The van der Waals surface area contributed by atoms with Crippen molar-refractivity contribution in [2.24, 2.45) is 5.92 Å². The fourth-order valence-electron chi connectivity index (χ4n) is 2.95. The lowest BCUT2D eigenvalue weighted by molar-refractivity contribution is -0.123. The van der Waals surface area contributed by atoms with Crippen LogP contribution in [-0.2, 0) is 9.53 Å². The highest BCUT2D eigenvalue weighted by atomic mass is 35.5. The van der Waals surface area contributed by atoms with Crippen LogP contribution in [0.1, 0.15) is 43.8 Å². The average molecular weight is 344 g/mol. The third-order valence-electron chi connectivity index (χ3n) is 4.42. The number of aliphatic hydroxyl groups excluding tert-OH is 1. The molecule has 2 rings (SSSR count). The number of hydrogen-bond acceptors (Lipinski definition) is 3. The van der Waals surface area contributed by atoms with Gasteiger partial charge in [-0.25, -0.2) is 4.39 Å². The molecule has 1 aromatic carbocycles. The van der Waals surface area contributed by atoms with E-state index in [9.17, 15) is 14.3 Å². The van der Waals surface area contributed by atoms with Crippen LogP contribution in [0.3, 0.4) is 0 Å². The Morgan fingerprint density at radius 2 is 2.13 bits per heavy atom. The van der Waals surface area contributed by atoms with Gasteiger partial charge < -0.3 is 15.2 Å². The Labute approximate surface area is 141 Å². The summed E-state index contributed by atoms with van der Waals surface area (Å²) < 4.78 is 18.7. The number of rotatable bonds is 6. The second-order valence-corrected chi connectivity index (χ2v) is 6.48. The van der Waals surface area contributed by atoms with Crippen molar-refractivity contribution in [1.29, 1.82) is 0 Å². The number of benzene rings is 1. The van der Waals surface area contributed by atoms with E-state index in [0.29, 0.717) is 24.0 Å². The number of ether oxygens (including phenoxy) is 1. The number of amides is 1. The van der Waals surface area contributed by atoms with E-state index in [-0.39, 0.29) is 17.5 Å². The zero-order valence-electron chi connectivity index (χ0n) is 13.2. The second-order valence-electron chi connectivity index (χ2n) is 6.08. The molecule has 0 aromatic heterocycles. The maximum absolute atomic E-state index is 13.4. The first-order valence-electron chi connectivity index (χ1n) is 7.92. The molecule has 128 valence electrons. The molecule has 0 radical (unpaired) electrons. The minimum atomic E-state index is -0.949. The van der Waals surface area contributed by atoms with Crippen molar-refractivity contribution in [1.82, 2.24) is 5.32 Å². The zero-order valence-corrected chi connectivity index (χ0v) is 14.0. The van der Waals surface area contributed by atoms with Crippen molar-refractivity contribution in [3.05, 3.63) is 34.6 Å².